The normalized spacial score (nSPS) is 21.0. The summed E-state index contributed by atoms with van der Waals surface area (Å²) in [5.74, 6) is 0.753. The predicted molar refractivity (Wildman–Crippen MR) is 55.3 cm³/mol. The van der Waals surface area contributed by atoms with E-state index in [1.54, 1.807) is 0 Å². The molecule has 0 saturated carbocycles. The highest BCUT2D eigenvalue weighted by Crippen LogP contribution is 2.21. The lowest BCUT2D eigenvalue weighted by Crippen LogP contribution is -2.16. The maximum Gasteiger partial charge on any atom is 0.142 e. The SMILES string of the molecule is Nc1ccccc1OCC1CCCO1. The summed E-state index contributed by atoms with van der Waals surface area (Å²) in [6.07, 6.45) is 2.47. The van der Waals surface area contributed by atoms with Gasteiger partial charge in [-0.15, -0.1) is 0 Å². The minimum atomic E-state index is 0.245. The molecule has 1 atom stereocenters. The molecule has 1 heterocycles. The Bertz CT molecular complexity index is 295. The number of nitrogen functional groups attached to an aromatic ring is 1. The smallest absolute Gasteiger partial charge is 0.142 e. The topological polar surface area (TPSA) is 44.5 Å². The molecule has 3 nitrogen and oxygen atoms in total. The van der Waals surface area contributed by atoms with Crippen molar-refractivity contribution in [1.82, 2.24) is 0 Å². The number of para-hydroxylation sites is 2. The largest absolute Gasteiger partial charge is 0.489 e. The van der Waals surface area contributed by atoms with E-state index in [0.29, 0.717) is 12.3 Å². The average Bonchev–Trinajstić information content (AvgIpc) is 2.69. The van der Waals surface area contributed by atoms with Crippen molar-refractivity contribution in [3.05, 3.63) is 24.3 Å². The number of hydrogen-bond acceptors (Lipinski definition) is 3. The van der Waals surface area contributed by atoms with Crippen molar-refractivity contribution in [2.75, 3.05) is 18.9 Å². The third-order valence-corrected chi connectivity index (χ3v) is 2.37. The van der Waals surface area contributed by atoms with Crippen molar-refractivity contribution in [1.29, 1.82) is 0 Å². The van der Waals surface area contributed by atoms with Gasteiger partial charge in [0.2, 0.25) is 0 Å². The fraction of sp³-hybridized carbons (Fsp3) is 0.455. The van der Waals surface area contributed by atoms with Crippen LogP contribution in [0.25, 0.3) is 0 Å². The van der Waals surface area contributed by atoms with E-state index in [9.17, 15) is 0 Å². The highest BCUT2D eigenvalue weighted by molar-refractivity contribution is 5.51. The first kappa shape index (κ1) is 9.34. The van der Waals surface area contributed by atoms with Crippen molar-refractivity contribution in [3.63, 3.8) is 0 Å². The van der Waals surface area contributed by atoms with Gasteiger partial charge in [0.15, 0.2) is 0 Å². The van der Waals surface area contributed by atoms with Crippen LogP contribution in [0.3, 0.4) is 0 Å². The molecule has 1 aliphatic rings. The summed E-state index contributed by atoms with van der Waals surface area (Å²) < 4.78 is 11.0. The van der Waals surface area contributed by atoms with Crippen LogP contribution in [-0.4, -0.2) is 19.3 Å². The van der Waals surface area contributed by atoms with Crippen LogP contribution >= 0.6 is 0 Å². The van der Waals surface area contributed by atoms with Gasteiger partial charge < -0.3 is 15.2 Å². The molecule has 1 saturated heterocycles. The quantitative estimate of drug-likeness (QED) is 0.745. The molecular weight excluding hydrogens is 178 g/mol. The first-order valence-corrected chi connectivity index (χ1v) is 4.95. The number of nitrogens with two attached hydrogens (primary N) is 1. The van der Waals surface area contributed by atoms with E-state index in [1.165, 1.54) is 0 Å². The van der Waals surface area contributed by atoms with Gasteiger partial charge >= 0.3 is 0 Å². The molecule has 1 unspecified atom stereocenters. The number of rotatable bonds is 3. The molecule has 0 spiro atoms. The molecule has 1 aromatic carbocycles. The second kappa shape index (κ2) is 4.33. The second-order valence-corrected chi connectivity index (χ2v) is 3.48. The Morgan fingerprint density at radius 2 is 2.29 bits per heavy atom. The van der Waals surface area contributed by atoms with E-state index >= 15 is 0 Å². The van der Waals surface area contributed by atoms with Crippen LogP contribution in [0.15, 0.2) is 24.3 Å². The fourth-order valence-corrected chi connectivity index (χ4v) is 1.57. The van der Waals surface area contributed by atoms with Crippen LogP contribution in [0.1, 0.15) is 12.8 Å². The molecule has 0 bridgehead atoms. The molecule has 0 aliphatic carbocycles. The molecule has 14 heavy (non-hydrogen) atoms. The Kier molecular flexibility index (Phi) is 2.89. The average molecular weight is 193 g/mol. The van der Waals surface area contributed by atoms with Crippen LogP contribution in [0.4, 0.5) is 5.69 Å². The van der Waals surface area contributed by atoms with Crippen molar-refractivity contribution < 1.29 is 9.47 Å². The molecule has 1 aromatic rings. The third-order valence-electron chi connectivity index (χ3n) is 2.37. The summed E-state index contributed by atoms with van der Waals surface area (Å²) in [7, 11) is 0. The third kappa shape index (κ3) is 2.17. The van der Waals surface area contributed by atoms with Gasteiger partial charge in [0, 0.05) is 6.61 Å². The lowest BCUT2D eigenvalue weighted by molar-refractivity contribution is 0.0682. The van der Waals surface area contributed by atoms with Crippen LogP contribution in [0.2, 0.25) is 0 Å². The zero-order chi connectivity index (χ0) is 9.80. The Morgan fingerprint density at radius 1 is 1.43 bits per heavy atom. The zero-order valence-corrected chi connectivity index (χ0v) is 8.11. The minimum absolute atomic E-state index is 0.245. The van der Waals surface area contributed by atoms with Crippen molar-refractivity contribution in [2.45, 2.75) is 18.9 Å². The number of anilines is 1. The monoisotopic (exact) mass is 193 g/mol. The summed E-state index contributed by atoms with van der Waals surface area (Å²) in [6, 6.07) is 7.53. The summed E-state index contributed by atoms with van der Waals surface area (Å²) in [5, 5.41) is 0. The van der Waals surface area contributed by atoms with Gasteiger partial charge in [0.1, 0.15) is 12.4 Å². The summed E-state index contributed by atoms with van der Waals surface area (Å²) in [5.41, 5.74) is 6.43. The van der Waals surface area contributed by atoms with Gasteiger partial charge in [-0.1, -0.05) is 12.1 Å². The summed E-state index contributed by atoms with van der Waals surface area (Å²) >= 11 is 0. The Morgan fingerprint density at radius 3 is 3.00 bits per heavy atom. The zero-order valence-electron chi connectivity index (χ0n) is 8.11. The molecule has 3 heteroatoms. The molecule has 2 N–H and O–H groups in total. The maximum absolute atomic E-state index is 5.74. The highest BCUT2D eigenvalue weighted by Gasteiger charge is 2.16. The molecule has 0 aromatic heterocycles. The Balaban J connectivity index is 1.88. The molecule has 76 valence electrons. The molecule has 0 amide bonds. The van der Waals surface area contributed by atoms with Gasteiger partial charge in [-0.2, -0.15) is 0 Å². The van der Waals surface area contributed by atoms with Crippen molar-refractivity contribution in [3.8, 4) is 5.75 Å². The Labute approximate surface area is 83.8 Å². The van der Waals surface area contributed by atoms with Crippen LogP contribution in [-0.2, 0) is 4.74 Å². The van der Waals surface area contributed by atoms with E-state index < -0.39 is 0 Å². The molecule has 1 aliphatic heterocycles. The maximum atomic E-state index is 5.74. The second-order valence-electron chi connectivity index (χ2n) is 3.48. The Hall–Kier alpha value is -1.22. The van der Waals surface area contributed by atoms with Gasteiger partial charge in [-0.25, -0.2) is 0 Å². The van der Waals surface area contributed by atoms with Crippen LogP contribution in [0.5, 0.6) is 5.75 Å². The van der Waals surface area contributed by atoms with Gasteiger partial charge in [-0.05, 0) is 25.0 Å². The number of ether oxygens (including phenoxy) is 2. The predicted octanol–water partition coefficient (Wildman–Crippen LogP) is 1.83. The lowest BCUT2D eigenvalue weighted by atomic mass is 10.2. The highest BCUT2D eigenvalue weighted by atomic mass is 16.5. The standard InChI is InChI=1S/C11H15NO2/c12-10-5-1-2-6-11(10)14-8-9-4-3-7-13-9/h1-2,5-6,9H,3-4,7-8,12H2. The lowest BCUT2D eigenvalue weighted by Gasteiger charge is -2.12. The molecule has 1 fully saturated rings. The van der Waals surface area contributed by atoms with Gasteiger partial charge in [-0.3, -0.25) is 0 Å². The first-order chi connectivity index (χ1) is 6.86. The van der Waals surface area contributed by atoms with Crippen molar-refractivity contribution >= 4 is 5.69 Å². The number of hydrogen-bond donors (Lipinski definition) is 1. The van der Waals surface area contributed by atoms with E-state index in [2.05, 4.69) is 0 Å². The summed E-state index contributed by atoms with van der Waals surface area (Å²) in [6.45, 7) is 1.46. The van der Waals surface area contributed by atoms with Gasteiger partial charge in [0.05, 0.1) is 11.8 Å². The van der Waals surface area contributed by atoms with E-state index in [-0.39, 0.29) is 6.10 Å². The van der Waals surface area contributed by atoms with Crippen LogP contribution in [0, 0.1) is 0 Å². The van der Waals surface area contributed by atoms with Gasteiger partial charge in [0.25, 0.3) is 0 Å². The summed E-state index contributed by atoms with van der Waals surface area (Å²) in [4.78, 5) is 0. The fourth-order valence-electron chi connectivity index (χ4n) is 1.57. The first-order valence-electron chi connectivity index (χ1n) is 4.95. The van der Waals surface area contributed by atoms with Crippen LogP contribution < -0.4 is 10.5 Å². The molecule has 0 radical (unpaired) electrons. The van der Waals surface area contributed by atoms with E-state index in [1.807, 2.05) is 24.3 Å². The number of benzene rings is 1. The van der Waals surface area contributed by atoms with Crippen molar-refractivity contribution in [2.24, 2.45) is 0 Å². The molecule has 2 rings (SSSR count). The molecular formula is C11H15NO2. The van der Waals surface area contributed by atoms with E-state index in [4.69, 9.17) is 15.2 Å². The van der Waals surface area contributed by atoms with E-state index in [0.717, 1.165) is 25.2 Å². The minimum Gasteiger partial charge on any atom is -0.489 e.